The largest absolute Gasteiger partial charge is 0.381 e. The van der Waals surface area contributed by atoms with Crippen LogP contribution < -0.4 is 0 Å². The lowest BCUT2D eigenvalue weighted by Crippen LogP contribution is -2.41. The fraction of sp³-hybridized carbons (Fsp3) is 0.556. The van der Waals surface area contributed by atoms with Crippen molar-refractivity contribution in [3.05, 3.63) is 47.5 Å². The van der Waals surface area contributed by atoms with Crippen LogP contribution in [0.4, 0.5) is 0 Å². The van der Waals surface area contributed by atoms with Crippen LogP contribution >= 0.6 is 0 Å². The molecule has 1 aromatic heterocycles. The Bertz CT molecular complexity index is 860. The van der Waals surface area contributed by atoms with Crippen molar-refractivity contribution in [2.24, 2.45) is 0 Å². The molecule has 0 spiro atoms. The summed E-state index contributed by atoms with van der Waals surface area (Å²) in [5.74, 6) is 2.08. The van der Waals surface area contributed by atoms with Crippen molar-refractivity contribution in [2.45, 2.75) is 44.0 Å². The van der Waals surface area contributed by atoms with Gasteiger partial charge in [-0.2, -0.15) is 4.31 Å². The van der Waals surface area contributed by atoms with E-state index in [1.165, 1.54) is 0 Å². The highest BCUT2D eigenvalue weighted by Gasteiger charge is 2.35. The Labute approximate surface area is 154 Å². The van der Waals surface area contributed by atoms with E-state index in [0.29, 0.717) is 12.5 Å². The van der Waals surface area contributed by atoms with Crippen molar-refractivity contribution in [1.82, 2.24) is 19.1 Å². The third-order valence-electron chi connectivity index (χ3n) is 5.19. The highest BCUT2D eigenvalue weighted by Crippen LogP contribution is 2.31. The summed E-state index contributed by atoms with van der Waals surface area (Å²) in [5, 5.41) is 8.73. The summed E-state index contributed by atoms with van der Waals surface area (Å²) in [6, 6.07) is 9.32. The van der Waals surface area contributed by atoms with Crippen molar-refractivity contribution in [3.8, 4) is 0 Å². The molecule has 8 heteroatoms. The van der Waals surface area contributed by atoms with Gasteiger partial charge in [-0.05, 0) is 25.3 Å². The first kappa shape index (κ1) is 17.6. The Balaban J connectivity index is 1.56. The van der Waals surface area contributed by atoms with E-state index in [-0.39, 0.29) is 18.3 Å². The predicted molar refractivity (Wildman–Crippen MR) is 97.0 cm³/mol. The molecule has 2 aliphatic heterocycles. The zero-order valence-corrected chi connectivity index (χ0v) is 15.7. The maximum Gasteiger partial charge on any atom is 0.218 e. The number of hydrogen-bond donors (Lipinski definition) is 0. The summed E-state index contributed by atoms with van der Waals surface area (Å²) in [5.41, 5.74) is 0.801. The Morgan fingerprint density at radius 2 is 1.88 bits per heavy atom. The van der Waals surface area contributed by atoms with Crippen LogP contribution in [-0.2, 0) is 27.1 Å². The molecule has 1 atom stereocenters. The molecule has 7 nitrogen and oxygen atoms in total. The van der Waals surface area contributed by atoms with Crippen LogP contribution in [0.25, 0.3) is 0 Å². The Morgan fingerprint density at radius 1 is 1.15 bits per heavy atom. The van der Waals surface area contributed by atoms with Crippen LogP contribution in [0.3, 0.4) is 0 Å². The molecule has 0 amide bonds. The monoisotopic (exact) mass is 376 g/mol. The fourth-order valence-corrected chi connectivity index (χ4v) is 5.40. The maximum absolute atomic E-state index is 12.9. The highest BCUT2D eigenvalue weighted by atomic mass is 32.2. The minimum absolute atomic E-state index is 0.0154. The molecule has 0 bridgehead atoms. The molecule has 0 saturated carbocycles. The van der Waals surface area contributed by atoms with Crippen molar-refractivity contribution in [2.75, 3.05) is 19.8 Å². The standard InChI is InChI=1S/C18H24N4O3S/c1-14-11-21(26(23,24)13-15-5-3-2-4-6-15)12-17-19-20-18(22(14)17)16-7-9-25-10-8-16/h2-6,14,16H,7-13H2,1H3/t14-/m0/s1. The minimum Gasteiger partial charge on any atom is -0.381 e. The predicted octanol–water partition coefficient (Wildman–Crippen LogP) is 2.08. The molecule has 0 N–H and O–H groups in total. The Morgan fingerprint density at radius 3 is 2.62 bits per heavy atom. The molecule has 140 valence electrons. The number of sulfonamides is 1. The van der Waals surface area contributed by atoms with Gasteiger partial charge in [-0.1, -0.05) is 30.3 Å². The van der Waals surface area contributed by atoms with Crippen LogP contribution in [0.1, 0.15) is 48.9 Å². The van der Waals surface area contributed by atoms with E-state index in [0.717, 1.165) is 43.3 Å². The van der Waals surface area contributed by atoms with Crippen molar-refractivity contribution >= 4 is 10.0 Å². The summed E-state index contributed by atoms with van der Waals surface area (Å²) in [4.78, 5) is 0. The molecule has 0 radical (unpaired) electrons. The number of aromatic nitrogens is 3. The first-order chi connectivity index (χ1) is 12.5. The highest BCUT2D eigenvalue weighted by molar-refractivity contribution is 7.88. The third-order valence-corrected chi connectivity index (χ3v) is 6.95. The zero-order chi connectivity index (χ0) is 18.1. The van der Waals surface area contributed by atoms with Gasteiger partial charge in [0.1, 0.15) is 11.6 Å². The number of nitrogens with zero attached hydrogens (tertiary/aromatic N) is 4. The van der Waals surface area contributed by atoms with E-state index in [1.54, 1.807) is 4.31 Å². The summed E-state index contributed by atoms with van der Waals surface area (Å²) >= 11 is 0. The molecular formula is C18H24N4O3S. The molecule has 26 heavy (non-hydrogen) atoms. The second-order valence-corrected chi connectivity index (χ2v) is 9.08. The lowest BCUT2D eigenvalue weighted by molar-refractivity contribution is 0.0820. The van der Waals surface area contributed by atoms with E-state index < -0.39 is 10.0 Å². The molecule has 0 aliphatic carbocycles. The quantitative estimate of drug-likeness (QED) is 0.816. The lowest BCUT2D eigenvalue weighted by atomic mass is 9.99. The molecule has 1 saturated heterocycles. The van der Waals surface area contributed by atoms with Gasteiger partial charge >= 0.3 is 0 Å². The number of rotatable bonds is 4. The smallest absolute Gasteiger partial charge is 0.218 e. The summed E-state index contributed by atoms with van der Waals surface area (Å²) in [6.45, 7) is 4.28. The Kier molecular flexibility index (Phi) is 4.81. The second kappa shape index (κ2) is 7.09. The summed E-state index contributed by atoms with van der Waals surface area (Å²) < 4.78 is 34.9. The van der Waals surface area contributed by atoms with Crippen molar-refractivity contribution < 1.29 is 13.2 Å². The minimum atomic E-state index is -3.40. The first-order valence-electron chi connectivity index (χ1n) is 9.08. The third kappa shape index (κ3) is 3.41. The van der Waals surface area contributed by atoms with Gasteiger partial charge in [0.2, 0.25) is 10.0 Å². The van der Waals surface area contributed by atoms with E-state index in [9.17, 15) is 8.42 Å². The number of hydrogen-bond acceptors (Lipinski definition) is 5. The fourth-order valence-electron chi connectivity index (χ4n) is 3.85. The average Bonchev–Trinajstić information content (AvgIpc) is 3.08. The molecule has 0 unspecified atom stereocenters. The molecule has 4 rings (SSSR count). The van der Waals surface area contributed by atoms with Crippen LogP contribution in [0.5, 0.6) is 0 Å². The van der Waals surface area contributed by atoms with Crippen LogP contribution in [0.15, 0.2) is 30.3 Å². The molecule has 1 fully saturated rings. The Hall–Kier alpha value is -1.77. The van der Waals surface area contributed by atoms with E-state index in [2.05, 4.69) is 14.8 Å². The van der Waals surface area contributed by atoms with Gasteiger partial charge in [0.15, 0.2) is 0 Å². The van der Waals surface area contributed by atoms with Gasteiger partial charge in [-0.15, -0.1) is 10.2 Å². The van der Waals surface area contributed by atoms with Gasteiger partial charge in [-0.3, -0.25) is 0 Å². The van der Waals surface area contributed by atoms with Crippen LogP contribution in [-0.4, -0.2) is 47.2 Å². The maximum atomic E-state index is 12.9. The lowest BCUT2D eigenvalue weighted by Gasteiger charge is -2.33. The molecular weight excluding hydrogens is 352 g/mol. The number of benzene rings is 1. The van der Waals surface area contributed by atoms with Crippen molar-refractivity contribution in [3.63, 3.8) is 0 Å². The van der Waals surface area contributed by atoms with Gasteiger partial charge in [0.05, 0.1) is 12.3 Å². The molecule has 2 aromatic rings. The van der Waals surface area contributed by atoms with Gasteiger partial charge in [-0.25, -0.2) is 8.42 Å². The van der Waals surface area contributed by atoms with E-state index in [4.69, 9.17) is 4.74 Å². The zero-order valence-electron chi connectivity index (χ0n) is 14.9. The van der Waals surface area contributed by atoms with Crippen LogP contribution in [0.2, 0.25) is 0 Å². The average molecular weight is 376 g/mol. The van der Waals surface area contributed by atoms with Crippen molar-refractivity contribution in [1.29, 1.82) is 0 Å². The summed E-state index contributed by atoms with van der Waals surface area (Å²) in [7, 11) is -3.40. The second-order valence-electron chi connectivity index (χ2n) is 7.11. The first-order valence-corrected chi connectivity index (χ1v) is 10.7. The van der Waals surface area contributed by atoms with Crippen LogP contribution in [0, 0.1) is 0 Å². The SMILES string of the molecule is C[C@H]1CN(S(=O)(=O)Cc2ccccc2)Cc2nnc(C3CCOCC3)n21. The number of fused-ring (bicyclic) bond motifs is 1. The van der Waals surface area contributed by atoms with E-state index in [1.807, 2.05) is 37.3 Å². The van der Waals surface area contributed by atoms with Gasteiger partial charge < -0.3 is 9.30 Å². The van der Waals surface area contributed by atoms with E-state index >= 15 is 0 Å². The topological polar surface area (TPSA) is 77.3 Å². The number of ether oxygens (including phenoxy) is 1. The molecule has 1 aromatic carbocycles. The normalized spacial score (nSPS) is 22.3. The van der Waals surface area contributed by atoms with Gasteiger partial charge in [0, 0.05) is 31.7 Å². The van der Waals surface area contributed by atoms with Gasteiger partial charge in [0.25, 0.3) is 0 Å². The molecule has 2 aliphatic rings. The molecule has 3 heterocycles. The summed E-state index contributed by atoms with van der Waals surface area (Å²) in [6.07, 6.45) is 1.89.